The van der Waals surface area contributed by atoms with E-state index in [0.29, 0.717) is 24.3 Å². The molecule has 0 unspecified atom stereocenters. The fourth-order valence-electron chi connectivity index (χ4n) is 1.77. The Kier molecular flexibility index (Phi) is 7.32. The van der Waals surface area contributed by atoms with Crippen molar-refractivity contribution < 1.29 is 19.4 Å². The Morgan fingerprint density at radius 1 is 1.19 bits per heavy atom. The molecule has 0 radical (unpaired) electrons. The van der Waals surface area contributed by atoms with Gasteiger partial charge >= 0.3 is 5.97 Å². The third kappa shape index (κ3) is 5.81. The minimum absolute atomic E-state index is 0.150. The van der Waals surface area contributed by atoms with Gasteiger partial charge in [0.15, 0.2) is 5.75 Å². The van der Waals surface area contributed by atoms with E-state index in [1.807, 2.05) is 0 Å². The summed E-state index contributed by atoms with van der Waals surface area (Å²) in [7, 11) is 1.45. The number of carboxylic acid groups (broad SMARTS) is 1. The summed E-state index contributed by atoms with van der Waals surface area (Å²) in [6.45, 7) is 0.472. The van der Waals surface area contributed by atoms with Gasteiger partial charge in [-0.3, -0.25) is 9.59 Å². The zero-order chi connectivity index (χ0) is 15.8. The van der Waals surface area contributed by atoms with E-state index >= 15 is 0 Å². The first kappa shape index (κ1) is 17.6. The minimum Gasteiger partial charge on any atom is -0.494 e. The van der Waals surface area contributed by atoms with Crippen LogP contribution in [0.1, 0.15) is 36.0 Å². The van der Waals surface area contributed by atoms with E-state index < -0.39 is 5.97 Å². The van der Waals surface area contributed by atoms with Crippen molar-refractivity contribution in [2.24, 2.45) is 0 Å². The molecule has 7 heteroatoms. The standard InChI is InChI=1S/C14H17Cl2NO4/c1-21-13-10(15)7-9(8-11(13)16)14(20)17-6-4-2-3-5-12(18)19/h7-8H,2-6H2,1H3,(H,17,20)(H,18,19). The molecular weight excluding hydrogens is 317 g/mol. The van der Waals surface area contributed by atoms with Crippen molar-refractivity contribution in [2.75, 3.05) is 13.7 Å². The molecule has 0 atom stereocenters. The zero-order valence-electron chi connectivity index (χ0n) is 11.6. The molecule has 116 valence electrons. The largest absolute Gasteiger partial charge is 0.494 e. The van der Waals surface area contributed by atoms with Crippen LogP contribution in [0.4, 0.5) is 0 Å². The molecule has 0 aromatic heterocycles. The van der Waals surface area contributed by atoms with E-state index in [2.05, 4.69) is 5.32 Å². The second kappa shape index (κ2) is 8.74. The fourth-order valence-corrected chi connectivity index (χ4v) is 2.41. The molecular formula is C14H17Cl2NO4. The average molecular weight is 334 g/mol. The maximum atomic E-state index is 11.9. The van der Waals surface area contributed by atoms with E-state index in [0.717, 1.165) is 12.8 Å². The molecule has 1 amide bonds. The number of aliphatic carboxylic acids is 1. The molecule has 1 rings (SSSR count). The minimum atomic E-state index is -0.804. The van der Waals surface area contributed by atoms with E-state index in [-0.39, 0.29) is 22.4 Å². The van der Waals surface area contributed by atoms with Gasteiger partial charge in [-0.05, 0) is 25.0 Å². The van der Waals surface area contributed by atoms with Gasteiger partial charge in [0, 0.05) is 18.5 Å². The molecule has 5 nitrogen and oxygen atoms in total. The summed E-state index contributed by atoms with van der Waals surface area (Å²) in [5.41, 5.74) is 0.358. The third-order valence-electron chi connectivity index (χ3n) is 2.82. The maximum Gasteiger partial charge on any atom is 0.303 e. The first-order chi connectivity index (χ1) is 9.95. The highest BCUT2D eigenvalue weighted by Crippen LogP contribution is 2.33. The molecule has 0 aliphatic heterocycles. The molecule has 0 spiro atoms. The molecule has 1 aromatic carbocycles. The van der Waals surface area contributed by atoms with Crippen LogP contribution in [0.2, 0.25) is 10.0 Å². The Labute approximate surface area is 133 Å². The predicted molar refractivity (Wildman–Crippen MR) is 81.5 cm³/mol. The Morgan fingerprint density at radius 2 is 1.81 bits per heavy atom. The first-order valence-electron chi connectivity index (χ1n) is 6.48. The zero-order valence-corrected chi connectivity index (χ0v) is 13.1. The number of hydrogen-bond acceptors (Lipinski definition) is 3. The van der Waals surface area contributed by atoms with Gasteiger partial charge in [0.1, 0.15) is 0 Å². The molecule has 0 aliphatic carbocycles. The normalized spacial score (nSPS) is 10.2. The van der Waals surface area contributed by atoms with Crippen LogP contribution < -0.4 is 10.1 Å². The first-order valence-corrected chi connectivity index (χ1v) is 7.24. The van der Waals surface area contributed by atoms with E-state index in [1.165, 1.54) is 19.2 Å². The fraction of sp³-hybridized carbons (Fsp3) is 0.429. The van der Waals surface area contributed by atoms with Crippen LogP contribution in [0.15, 0.2) is 12.1 Å². The summed E-state index contributed by atoms with van der Waals surface area (Å²) in [5.74, 6) is -0.746. The predicted octanol–water partition coefficient (Wildman–Crippen LogP) is 3.38. The highest BCUT2D eigenvalue weighted by Gasteiger charge is 2.13. The SMILES string of the molecule is COc1c(Cl)cc(C(=O)NCCCCCC(=O)O)cc1Cl. The Hall–Kier alpha value is -1.46. The molecule has 0 saturated heterocycles. The lowest BCUT2D eigenvalue weighted by molar-refractivity contribution is -0.137. The number of halogens is 2. The lowest BCUT2D eigenvalue weighted by Crippen LogP contribution is -2.24. The summed E-state index contributed by atoms with van der Waals surface area (Å²) in [5, 5.41) is 11.8. The second-order valence-electron chi connectivity index (χ2n) is 4.43. The van der Waals surface area contributed by atoms with E-state index in [1.54, 1.807) is 0 Å². The number of benzene rings is 1. The van der Waals surface area contributed by atoms with Crippen molar-refractivity contribution in [2.45, 2.75) is 25.7 Å². The van der Waals surface area contributed by atoms with E-state index in [9.17, 15) is 9.59 Å². The van der Waals surface area contributed by atoms with Crippen molar-refractivity contribution in [1.82, 2.24) is 5.32 Å². The number of ether oxygens (including phenoxy) is 1. The lowest BCUT2D eigenvalue weighted by atomic mass is 10.1. The van der Waals surface area contributed by atoms with Crippen LogP contribution in [0.25, 0.3) is 0 Å². The topological polar surface area (TPSA) is 75.6 Å². The van der Waals surface area contributed by atoms with Gasteiger partial charge in [-0.25, -0.2) is 0 Å². The molecule has 1 aromatic rings. The van der Waals surface area contributed by atoms with Crippen molar-refractivity contribution in [3.8, 4) is 5.75 Å². The van der Waals surface area contributed by atoms with Gasteiger partial charge in [-0.15, -0.1) is 0 Å². The van der Waals surface area contributed by atoms with Gasteiger partial charge in [0.05, 0.1) is 17.2 Å². The highest BCUT2D eigenvalue weighted by atomic mass is 35.5. The number of amides is 1. The van der Waals surface area contributed by atoms with Gasteiger partial charge in [0.2, 0.25) is 0 Å². The Balaban J connectivity index is 2.44. The quantitative estimate of drug-likeness (QED) is 0.715. The van der Waals surface area contributed by atoms with Gasteiger partial charge in [-0.2, -0.15) is 0 Å². The molecule has 0 saturated carbocycles. The van der Waals surface area contributed by atoms with Crippen molar-refractivity contribution >= 4 is 35.1 Å². The number of methoxy groups -OCH3 is 1. The number of carbonyl (C=O) groups is 2. The highest BCUT2D eigenvalue weighted by molar-refractivity contribution is 6.37. The third-order valence-corrected chi connectivity index (χ3v) is 3.38. The molecule has 0 heterocycles. The molecule has 0 fully saturated rings. The van der Waals surface area contributed by atoms with Crippen LogP contribution in [-0.2, 0) is 4.79 Å². The average Bonchev–Trinajstić information content (AvgIpc) is 2.41. The van der Waals surface area contributed by atoms with Gasteiger partial charge in [-0.1, -0.05) is 29.6 Å². The summed E-state index contributed by atoms with van der Waals surface area (Å²) in [6.07, 6.45) is 2.22. The number of carbonyl (C=O) groups excluding carboxylic acids is 1. The number of carboxylic acids is 1. The lowest BCUT2D eigenvalue weighted by Gasteiger charge is -2.09. The van der Waals surface area contributed by atoms with Crippen LogP contribution in [0.3, 0.4) is 0 Å². The van der Waals surface area contributed by atoms with Crippen LogP contribution >= 0.6 is 23.2 Å². The van der Waals surface area contributed by atoms with E-state index in [4.69, 9.17) is 33.0 Å². The summed E-state index contributed by atoms with van der Waals surface area (Å²) in [4.78, 5) is 22.3. The summed E-state index contributed by atoms with van der Waals surface area (Å²) < 4.78 is 5.01. The van der Waals surface area contributed by atoms with Crippen molar-refractivity contribution in [3.05, 3.63) is 27.7 Å². The number of hydrogen-bond donors (Lipinski definition) is 2. The Bertz CT molecular complexity index is 497. The van der Waals surface area contributed by atoms with Crippen molar-refractivity contribution in [1.29, 1.82) is 0 Å². The summed E-state index contributed by atoms with van der Waals surface area (Å²) in [6, 6.07) is 2.98. The molecule has 2 N–H and O–H groups in total. The smallest absolute Gasteiger partial charge is 0.303 e. The second-order valence-corrected chi connectivity index (χ2v) is 5.25. The number of unbranched alkanes of at least 4 members (excludes halogenated alkanes) is 2. The number of rotatable bonds is 8. The maximum absolute atomic E-state index is 11.9. The van der Waals surface area contributed by atoms with Crippen LogP contribution in [0.5, 0.6) is 5.75 Å². The van der Waals surface area contributed by atoms with Gasteiger partial charge in [0.25, 0.3) is 5.91 Å². The van der Waals surface area contributed by atoms with Crippen LogP contribution in [0, 0.1) is 0 Å². The Morgan fingerprint density at radius 3 is 2.33 bits per heavy atom. The van der Waals surface area contributed by atoms with Crippen LogP contribution in [-0.4, -0.2) is 30.6 Å². The van der Waals surface area contributed by atoms with Gasteiger partial charge < -0.3 is 15.2 Å². The molecule has 0 bridgehead atoms. The summed E-state index contributed by atoms with van der Waals surface area (Å²) >= 11 is 11.9. The van der Waals surface area contributed by atoms with Crippen molar-refractivity contribution in [3.63, 3.8) is 0 Å². The molecule has 21 heavy (non-hydrogen) atoms. The monoisotopic (exact) mass is 333 g/mol. The number of nitrogens with one attached hydrogen (secondary N) is 1. The molecule has 0 aliphatic rings.